The first-order valence-corrected chi connectivity index (χ1v) is 6.22. The molecule has 0 bridgehead atoms. The Bertz CT molecular complexity index is 901. The number of nitrogens with one attached hydrogen (secondary N) is 1. The lowest BCUT2D eigenvalue weighted by Crippen LogP contribution is -2.12. The van der Waals surface area contributed by atoms with Gasteiger partial charge in [0.25, 0.3) is 0 Å². The van der Waals surface area contributed by atoms with Crippen molar-refractivity contribution in [3.63, 3.8) is 0 Å². The molecule has 3 rings (SSSR count). The number of benzene rings is 1. The molecule has 108 valence electrons. The summed E-state index contributed by atoms with van der Waals surface area (Å²) in [5.41, 5.74) is 1.35. The van der Waals surface area contributed by atoms with Crippen LogP contribution < -0.4 is 14.8 Å². The molecule has 1 heterocycles. The third kappa shape index (κ3) is 2.77. The van der Waals surface area contributed by atoms with Gasteiger partial charge < -0.3 is 14.8 Å². The lowest BCUT2D eigenvalue weighted by molar-refractivity contribution is 0.200. The number of allylic oxidation sites excluding steroid dienone is 1. The number of hydrogen-bond donors (Lipinski definition) is 1. The summed E-state index contributed by atoms with van der Waals surface area (Å²) in [6.45, 7) is 4.33. The van der Waals surface area contributed by atoms with Gasteiger partial charge in [-0.15, -0.1) is 0 Å². The zero-order chi connectivity index (χ0) is 24.5. The van der Waals surface area contributed by atoms with Gasteiger partial charge in [0.05, 0.1) is 18.6 Å². The molecule has 1 N–H and O–H groups in total. The quantitative estimate of drug-likeness (QED) is 0.916. The van der Waals surface area contributed by atoms with E-state index in [1.165, 1.54) is 12.1 Å². The summed E-state index contributed by atoms with van der Waals surface area (Å²) in [5.74, 6) is -1.07. The third-order valence-corrected chi connectivity index (χ3v) is 3.27. The van der Waals surface area contributed by atoms with Crippen LogP contribution in [0.3, 0.4) is 0 Å². The highest BCUT2D eigenvalue weighted by Crippen LogP contribution is 2.36. The predicted octanol–water partition coefficient (Wildman–Crippen LogP) is 3.61. The number of rotatable bonds is 4. The van der Waals surface area contributed by atoms with Crippen LogP contribution in [0.25, 0.3) is 0 Å². The lowest BCUT2D eigenvalue weighted by atomic mass is 9.97. The van der Waals surface area contributed by atoms with Gasteiger partial charge in [0.1, 0.15) is 0 Å². The monoisotopic (exact) mass is 285 g/mol. The molecule has 1 unspecified atom stereocenters. The average Bonchev–Trinajstić information content (AvgIpc) is 3.08. The van der Waals surface area contributed by atoms with Gasteiger partial charge in [-0.2, -0.15) is 0 Å². The van der Waals surface area contributed by atoms with Gasteiger partial charge in [-0.05, 0) is 49.6 Å². The van der Waals surface area contributed by atoms with Gasteiger partial charge >= 0.3 is 0 Å². The number of methoxy groups -OCH3 is 1. The van der Waals surface area contributed by atoms with Crippen LogP contribution in [0.15, 0.2) is 30.5 Å². The molecule has 1 aromatic rings. The van der Waals surface area contributed by atoms with E-state index < -0.39 is 50.1 Å². The topological polar surface area (TPSA) is 30.5 Å². The third-order valence-electron chi connectivity index (χ3n) is 3.27. The van der Waals surface area contributed by atoms with Crippen LogP contribution >= 0.6 is 0 Å². The molecule has 1 aromatic carbocycles. The summed E-state index contributed by atoms with van der Waals surface area (Å²) in [7, 11) is -2.95. The first-order chi connectivity index (χ1) is 14.3. The van der Waals surface area contributed by atoms with E-state index in [0.29, 0.717) is 18.5 Å². The van der Waals surface area contributed by atoms with Crippen molar-refractivity contribution in [3.8, 4) is 11.5 Å². The highest BCUT2D eigenvalue weighted by atomic mass is 16.5. The van der Waals surface area contributed by atoms with Crippen LogP contribution in [0.1, 0.15) is 59.8 Å². The molecule has 2 fully saturated rings. The fourth-order valence-corrected chi connectivity index (χ4v) is 2.26. The second-order valence-corrected chi connectivity index (χ2v) is 4.62. The van der Waals surface area contributed by atoms with E-state index >= 15 is 0 Å². The molecule has 1 saturated heterocycles. The normalized spacial score (nSPS) is 44.0. The van der Waals surface area contributed by atoms with Crippen LogP contribution in [0.2, 0.25) is 0 Å². The lowest BCUT2D eigenvalue weighted by Gasteiger charge is -2.18. The fraction of sp³-hybridized carbons (Fsp3) is 0.529. The summed E-state index contributed by atoms with van der Waals surface area (Å²) in [5, 5.41) is 3.06. The Kier molecular flexibility index (Phi) is 1.53. The van der Waals surface area contributed by atoms with Crippen molar-refractivity contribution in [2.24, 2.45) is 0 Å². The Morgan fingerprint density at radius 3 is 2.95 bits per heavy atom. The fourth-order valence-electron chi connectivity index (χ4n) is 2.26. The maximum absolute atomic E-state index is 8.50. The minimum absolute atomic E-state index is 0.122. The number of hydrogen-bond acceptors (Lipinski definition) is 3. The molecule has 3 nitrogen and oxygen atoms in total. The van der Waals surface area contributed by atoms with Gasteiger partial charge in [-0.25, -0.2) is 0 Å². The van der Waals surface area contributed by atoms with Crippen molar-refractivity contribution in [2.75, 3.05) is 13.6 Å². The van der Waals surface area contributed by atoms with Crippen molar-refractivity contribution in [2.45, 2.75) is 43.9 Å². The van der Waals surface area contributed by atoms with Crippen LogP contribution in [0.4, 0.5) is 0 Å². The van der Waals surface area contributed by atoms with Crippen LogP contribution in [-0.4, -0.2) is 19.7 Å². The average molecular weight is 285 g/mol. The molecule has 1 aliphatic carbocycles. The molecule has 0 spiro atoms. The van der Waals surface area contributed by atoms with E-state index in [1.807, 2.05) is 0 Å². The van der Waals surface area contributed by atoms with Gasteiger partial charge in [0, 0.05) is 29.1 Å². The summed E-state index contributed by atoms with van der Waals surface area (Å²) in [4.78, 5) is 0. The Labute approximate surface area is 137 Å². The van der Waals surface area contributed by atoms with E-state index in [1.54, 1.807) is 6.07 Å². The Morgan fingerprint density at radius 2 is 2.25 bits per heavy atom. The smallest absolute Gasteiger partial charge is 0.161 e. The molecule has 20 heavy (non-hydrogen) atoms. The van der Waals surface area contributed by atoms with Crippen LogP contribution in [0, 0.1) is 0 Å². The Morgan fingerprint density at radius 1 is 1.40 bits per heavy atom. The van der Waals surface area contributed by atoms with E-state index in [-0.39, 0.29) is 5.92 Å². The minimum Gasteiger partial charge on any atom is -0.493 e. The SMILES string of the molecule is [2H]C([2H])([2H])Oc1ccc(C2CNC(=C)C2)cc1OC1([2H])C([2H])([2H])C([2H])([2H])C([2H])([2H])C1([2H])[2H]. The van der Waals surface area contributed by atoms with Gasteiger partial charge in [-0.3, -0.25) is 0 Å². The Balaban J connectivity index is 2.14. The van der Waals surface area contributed by atoms with Gasteiger partial charge in [0.15, 0.2) is 11.5 Å². The van der Waals surface area contributed by atoms with Crippen molar-refractivity contribution in [1.29, 1.82) is 0 Å². The van der Waals surface area contributed by atoms with E-state index in [9.17, 15) is 0 Å². The second-order valence-electron chi connectivity index (χ2n) is 4.62. The minimum atomic E-state index is -3.47. The summed E-state index contributed by atoms with van der Waals surface area (Å²) < 4.78 is 105. The predicted molar refractivity (Wildman–Crippen MR) is 80.4 cm³/mol. The van der Waals surface area contributed by atoms with Gasteiger partial charge in [0.2, 0.25) is 0 Å². The number of ether oxygens (including phenoxy) is 2. The van der Waals surface area contributed by atoms with Crippen molar-refractivity contribution in [1.82, 2.24) is 5.32 Å². The molecule has 1 saturated carbocycles. The highest BCUT2D eigenvalue weighted by molar-refractivity contribution is 5.45. The molecule has 1 atom stereocenters. The standard InChI is InChI=1S/C17H23NO2/c1-12-9-14(11-18-12)13-7-8-16(19-2)17(10-13)20-15-5-3-4-6-15/h7-8,10,14-15,18H,1,3-6,9,11H2,2H3/i2D3,3D2,4D2,5D2,6D2,15D. The van der Waals surface area contributed by atoms with E-state index in [4.69, 9.17) is 25.9 Å². The molecular formula is C17H23NO2. The first kappa shape index (κ1) is 5.28. The molecule has 3 heteroatoms. The molecule has 1 aliphatic heterocycles. The van der Waals surface area contributed by atoms with Gasteiger partial charge in [-0.1, -0.05) is 12.6 Å². The first-order valence-electron chi connectivity index (χ1n) is 12.2. The summed E-state index contributed by atoms with van der Waals surface area (Å²) in [6.07, 6.45) is -16.7. The maximum Gasteiger partial charge on any atom is 0.161 e. The molecule has 2 aliphatic rings. The molecule has 0 radical (unpaired) electrons. The van der Waals surface area contributed by atoms with E-state index in [0.717, 1.165) is 5.70 Å². The van der Waals surface area contributed by atoms with Crippen molar-refractivity contribution in [3.05, 3.63) is 36.0 Å². The van der Waals surface area contributed by atoms with Crippen molar-refractivity contribution < 1.29 is 25.9 Å². The zero-order valence-electron chi connectivity index (χ0n) is 22.7. The largest absolute Gasteiger partial charge is 0.493 e. The summed E-state index contributed by atoms with van der Waals surface area (Å²) in [6, 6.07) is 4.05. The van der Waals surface area contributed by atoms with E-state index in [2.05, 4.69) is 11.9 Å². The zero-order valence-corrected chi connectivity index (χ0v) is 10.7. The molecule has 0 amide bonds. The van der Waals surface area contributed by atoms with Crippen LogP contribution in [-0.2, 0) is 0 Å². The Hall–Kier alpha value is -1.64. The maximum atomic E-state index is 8.50. The molecule has 0 aromatic heterocycles. The van der Waals surface area contributed by atoms with Crippen LogP contribution in [0.5, 0.6) is 11.5 Å². The highest BCUT2D eigenvalue weighted by Gasteiger charge is 2.22. The summed E-state index contributed by atoms with van der Waals surface area (Å²) >= 11 is 0. The molecular weight excluding hydrogens is 250 g/mol. The van der Waals surface area contributed by atoms with Crippen molar-refractivity contribution >= 4 is 0 Å². The second kappa shape index (κ2) is 5.78.